The van der Waals surface area contributed by atoms with Crippen molar-refractivity contribution in [2.45, 2.75) is 19.8 Å². The minimum Gasteiger partial charge on any atom is -0.211 e. The van der Waals surface area contributed by atoms with Crippen LogP contribution in [0.3, 0.4) is 0 Å². The average Bonchev–Trinajstić information content (AvgIpc) is 1.89. The monoisotopic (exact) mass is 137 g/mol. The molecule has 0 atom stereocenters. The second kappa shape index (κ2) is 5.99. The predicted molar refractivity (Wildman–Crippen MR) is 41.3 cm³/mol. The van der Waals surface area contributed by atoms with Gasteiger partial charge in [0.05, 0.1) is 0 Å². The molecule has 0 rings (SSSR count). The Labute approximate surface area is 61.0 Å². The zero-order valence-corrected chi connectivity index (χ0v) is 6.13. The van der Waals surface area contributed by atoms with Crippen LogP contribution >= 0.6 is 0 Å². The quantitative estimate of drug-likeness (QED) is 0.332. The van der Waals surface area contributed by atoms with Crippen LogP contribution < -0.4 is 0 Å². The van der Waals surface area contributed by atoms with Crippen LogP contribution in [0.15, 0.2) is 29.4 Å². The van der Waals surface area contributed by atoms with Crippen molar-refractivity contribution in [1.82, 2.24) is 0 Å². The lowest BCUT2D eigenvalue weighted by atomic mass is 10.2. The van der Waals surface area contributed by atoms with Gasteiger partial charge < -0.3 is 0 Å². The summed E-state index contributed by atoms with van der Waals surface area (Å²) in [6, 6.07) is 0. The molecule has 2 nitrogen and oxygen atoms in total. The van der Waals surface area contributed by atoms with E-state index in [4.69, 9.17) is 0 Å². The van der Waals surface area contributed by atoms with Crippen molar-refractivity contribution in [1.29, 1.82) is 0 Å². The fourth-order valence-electron chi connectivity index (χ4n) is 0.537. The first-order valence-electron chi connectivity index (χ1n) is 3.18. The van der Waals surface area contributed by atoms with E-state index in [9.17, 15) is 4.79 Å². The van der Waals surface area contributed by atoms with Crippen LogP contribution in [0.25, 0.3) is 0 Å². The van der Waals surface area contributed by atoms with Gasteiger partial charge in [0.1, 0.15) is 0 Å². The lowest BCUT2D eigenvalue weighted by Gasteiger charge is -1.89. The van der Waals surface area contributed by atoms with Crippen LogP contribution in [0.4, 0.5) is 0 Å². The topological polar surface area (TPSA) is 29.4 Å². The van der Waals surface area contributed by atoms with Gasteiger partial charge in [-0.15, -0.1) is 0 Å². The molecule has 0 saturated heterocycles. The van der Waals surface area contributed by atoms with E-state index in [2.05, 4.69) is 11.6 Å². The zero-order valence-electron chi connectivity index (χ0n) is 6.13. The Kier molecular flexibility index (Phi) is 5.30. The number of nitrogens with zero attached hydrogens (tertiary/aromatic N) is 1. The summed E-state index contributed by atoms with van der Waals surface area (Å²) in [6.07, 6.45) is 7.03. The molecule has 0 aromatic rings. The molecule has 0 saturated carbocycles. The summed E-state index contributed by atoms with van der Waals surface area (Å²) in [5.41, 5.74) is 0.591. The number of allylic oxidation sites excluding steroid dienone is 3. The van der Waals surface area contributed by atoms with Gasteiger partial charge in [-0.2, -0.15) is 4.99 Å². The highest BCUT2D eigenvalue weighted by Crippen LogP contribution is 2.02. The molecule has 54 valence electrons. The molecule has 2 heteroatoms. The molecule has 0 N–H and O–H groups in total. The van der Waals surface area contributed by atoms with Gasteiger partial charge in [0, 0.05) is 5.70 Å². The normalized spacial score (nSPS) is 9.30. The van der Waals surface area contributed by atoms with Crippen molar-refractivity contribution in [2.75, 3.05) is 0 Å². The molecule has 10 heavy (non-hydrogen) atoms. The van der Waals surface area contributed by atoms with E-state index < -0.39 is 0 Å². The molecule has 0 bridgehead atoms. The molecule has 0 aliphatic heterocycles. The van der Waals surface area contributed by atoms with E-state index in [1.807, 2.05) is 19.1 Å². The minimum absolute atomic E-state index is 0.591. The molecule has 0 aromatic carbocycles. The number of isocyanates is 1. The van der Waals surface area contributed by atoms with Crippen molar-refractivity contribution in [3.63, 3.8) is 0 Å². The van der Waals surface area contributed by atoms with Gasteiger partial charge in [0.15, 0.2) is 0 Å². The number of hydrogen-bond acceptors (Lipinski definition) is 2. The van der Waals surface area contributed by atoms with Crippen LogP contribution in [0.2, 0.25) is 0 Å². The van der Waals surface area contributed by atoms with Gasteiger partial charge in [-0.1, -0.05) is 18.7 Å². The van der Waals surface area contributed by atoms with Crippen molar-refractivity contribution in [3.05, 3.63) is 24.4 Å². The Morgan fingerprint density at radius 3 is 3.00 bits per heavy atom. The van der Waals surface area contributed by atoms with Crippen molar-refractivity contribution in [2.24, 2.45) is 4.99 Å². The van der Waals surface area contributed by atoms with Crippen LogP contribution in [0, 0.1) is 0 Å². The second-order valence-electron chi connectivity index (χ2n) is 1.88. The molecular formula is C8H11NO. The first-order valence-corrected chi connectivity index (χ1v) is 3.18. The molecule has 0 spiro atoms. The predicted octanol–water partition coefficient (Wildman–Crippen LogP) is 2.19. The van der Waals surface area contributed by atoms with Gasteiger partial charge >= 0.3 is 0 Å². The molecule has 0 radical (unpaired) electrons. The molecule has 0 aliphatic rings. The van der Waals surface area contributed by atoms with Crippen LogP contribution in [0.5, 0.6) is 0 Å². The molecular weight excluding hydrogens is 126 g/mol. The standard InChI is InChI=1S/C8H11NO/c1-3-4-5-6-8(2)9-7-10/h3-4H,2,5-6H2,1H3/b4-3-. The van der Waals surface area contributed by atoms with Crippen LogP contribution in [0.1, 0.15) is 19.8 Å². The highest BCUT2D eigenvalue weighted by Gasteiger charge is 1.86. The summed E-state index contributed by atoms with van der Waals surface area (Å²) >= 11 is 0. The third kappa shape index (κ3) is 5.01. The highest BCUT2D eigenvalue weighted by atomic mass is 16.1. The largest absolute Gasteiger partial charge is 0.240 e. The first kappa shape index (κ1) is 8.86. The third-order valence-corrected chi connectivity index (χ3v) is 1.04. The van der Waals surface area contributed by atoms with Crippen LogP contribution in [-0.2, 0) is 4.79 Å². The van der Waals surface area contributed by atoms with Gasteiger partial charge in [0.25, 0.3) is 0 Å². The van der Waals surface area contributed by atoms with E-state index in [1.165, 1.54) is 6.08 Å². The lowest BCUT2D eigenvalue weighted by molar-refractivity contribution is 0.564. The summed E-state index contributed by atoms with van der Waals surface area (Å²) < 4.78 is 0. The van der Waals surface area contributed by atoms with Gasteiger partial charge in [0.2, 0.25) is 6.08 Å². The smallest absolute Gasteiger partial charge is 0.211 e. The Morgan fingerprint density at radius 2 is 2.50 bits per heavy atom. The maximum atomic E-state index is 9.68. The fraction of sp³-hybridized carbons (Fsp3) is 0.375. The summed E-state index contributed by atoms with van der Waals surface area (Å²) in [5, 5.41) is 0. The van der Waals surface area contributed by atoms with E-state index in [-0.39, 0.29) is 0 Å². The van der Waals surface area contributed by atoms with Crippen molar-refractivity contribution in [3.8, 4) is 0 Å². The average molecular weight is 137 g/mol. The molecule has 0 unspecified atom stereocenters. The Hall–Kier alpha value is -1.14. The Morgan fingerprint density at radius 1 is 1.80 bits per heavy atom. The highest BCUT2D eigenvalue weighted by molar-refractivity contribution is 5.36. The summed E-state index contributed by atoms with van der Waals surface area (Å²) in [5.74, 6) is 0. The van der Waals surface area contributed by atoms with Gasteiger partial charge in [-0.3, -0.25) is 0 Å². The molecule has 0 heterocycles. The maximum Gasteiger partial charge on any atom is 0.240 e. The molecule has 0 amide bonds. The fourth-order valence-corrected chi connectivity index (χ4v) is 0.537. The third-order valence-electron chi connectivity index (χ3n) is 1.04. The lowest BCUT2D eigenvalue weighted by Crippen LogP contribution is -1.73. The summed E-state index contributed by atoms with van der Waals surface area (Å²) in [6.45, 7) is 5.50. The minimum atomic E-state index is 0.591. The van der Waals surface area contributed by atoms with E-state index in [1.54, 1.807) is 0 Å². The number of carbonyl (C=O) groups excluding carboxylic acids is 1. The van der Waals surface area contributed by atoms with Crippen molar-refractivity contribution >= 4 is 6.08 Å². The van der Waals surface area contributed by atoms with E-state index >= 15 is 0 Å². The first-order chi connectivity index (χ1) is 4.81. The van der Waals surface area contributed by atoms with E-state index in [0.717, 1.165) is 12.8 Å². The molecule has 0 aliphatic carbocycles. The summed E-state index contributed by atoms with van der Waals surface area (Å²) in [7, 11) is 0. The Bertz CT molecular complexity index is 176. The number of hydrogen-bond donors (Lipinski definition) is 0. The van der Waals surface area contributed by atoms with Gasteiger partial charge in [-0.25, -0.2) is 4.79 Å². The summed E-state index contributed by atoms with van der Waals surface area (Å²) in [4.78, 5) is 13.0. The molecule has 0 fully saturated rings. The maximum absolute atomic E-state index is 9.68. The van der Waals surface area contributed by atoms with E-state index in [0.29, 0.717) is 5.70 Å². The Balaban J connectivity index is 3.49. The number of rotatable bonds is 4. The SMILES string of the molecule is C=C(CC/C=C\C)N=C=O. The van der Waals surface area contributed by atoms with Crippen LogP contribution in [-0.4, -0.2) is 6.08 Å². The molecule has 0 aromatic heterocycles. The zero-order chi connectivity index (χ0) is 7.82. The van der Waals surface area contributed by atoms with Gasteiger partial charge in [-0.05, 0) is 19.8 Å². The van der Waals surface area contributed by atoms with Crippen molar-refractivity contribution < 1.29 is 4.79 Å². The number of aliphatic imine (C=N–C) groups is 1. The second-order valence-corrected chi connectivity index (χ2v) is 1.88.